The number of rotatable bonds is 4. The van der Waals surface area contributed by atoms with E-state index in [-0.39, 0.29) is 29.0 Å². The average molecular weight is 415 g/mol. The van der Waals surface area contributed by atoms with Gasteiger partial charge in [-0.25, -0.2) is 9.59 Å². The predicted octanol–water partition coefficient (Wildman–Crippen LogP) is 4.57. The van der Waals surface area contributed by atoms with Gasteiger partial charge in [-0.15, -0.1) is 0 Å². The molecule has 0 heterocycles. The van der Waals surface area contributed by atoms with Crippen LogP contribution in [-0.4, -0.2) is 29.9 Å². The summed E-state index contributed by atoms with van der Waals surface area (Å²) in [6.07, 6.45) is 4.44. The van der Waals surface area contributed by atoms with Crippen LogP contribution in [0.3, 0.4) is 0 Å². The summed E-state index contributed by atoms with van der Waals surface area (Å²) in [6.45, 7) is 15.2. The Labute approximate surface area is 179 Å². The van der Waals surface area contributed by atoms with E-state index >= 15 is 0 Å². The molecule has 30 heavy (non-hydrogen) atoms. The standard InChI is InChI=1S/C25H34O5/c1-9-13(3)22(27)29-17-12-25(8)18-15(5)11-16(26)19(25)20(18)24(6,7)21(17)30-23(28)14(4)10-2/h9-11,17-21H,12H2,1-8H3/b13-9+,14-10-/t17-,18-,19+,20-,21+,25+/m0/s1. The van der Waals surface area contributed by atoms with Crippen LogP contribution in [0, 0.1) is 28.6 Å². The van der Waals surface area contributed by atoms with Crippen molar-refractivity contribution in [3.8, 4) is 0 Å². The smallest absolute Gasteiger partial charge is 0.333 e. The average Bonchev–Trinajstić information content (AvgIpc) is 2.78. The van der Waals surface area contributed by atoms with Crippen LogP contribution < -0.4 is 0 Å². The van der Waals surface area contributed by atoms with E-state index < -0.39 is 29.6 Å². The van der Waals surface area contributed by atoms with Gasteiger partial charge in [-0.2, -0.15) is 0 Å². The summed E-state index contributed by atoms with van der Waals surface area (Å²) >= 11 is 0. The second kappa shape index (κ2) is 7.51. The van der Waals surface area contributed by atoms with Crippen LogP contribution in [0.2, 0.25) is 0 Å². The maximum Gasteiger partial charge on any atom is 0.333 e. The monoisotopic (exact) mass is 414 g/mol. The fraction of sp³-hybridized carbons (Fsp3) is 0.640. The van der Waals surface area contributed by atoms with Crippen LogP contribution in [0.4, 0.5) is 0 Å². The van der Waals surface area contributed by atoms with E-state index in [2.05, 4.69) is 6.92 Å². The highest BCUT2D eigenvalue weighted by atomic mass is 16.6. The van der Waals surface area contributed by atoms with Crippen LogP contribution >= 0.6 is 0 Å². The van der Waals surface area contributed by atoms with Gasteiger partial charge in [-0.05, 0) is 64.4 Å². The number of allylic oxidation sites excluding steroid dienone is 4. The van der Waals surface area contributed by atoms with E-state index in [0.29, 0.717) is 17.6 Å². The summed E-state index contributed by atoms with van der Waals surface area (Å²) in [4.78, 5) is 38.3. The molecule has 5 heteroatoms. The highest BCUT2D eigenvalue weighted by molar-refractivity contribution is 5.96. The van der Waals surface area contributed by atoms with E-state index in [9.17, 15) is 14.4 Å². The first kappa shape index (κ1) is 22.5. The first-order valence-corrected chi connectivity index (χ1v) is 10.8. The SMILES string of the molecule is C/C=C(/C)C(=O)O[C@@H]1[C@@H](OC(=O)/C(C)=C/C)C[C@@]2(C)[C@@H]3C(=O)C=C(C)[C@H]2[C@@H]3C1(C)C. The third-order valence-corrected chi connectivity index (χ3v) is 7.88. The number of ketones is 1. The van der Waals surface area contributed by atoms with Gasteiger partial charge in [0.05, 0.1) is 0 Å². The Kier molecular flexibility index (Phi) is 5.63. The van der Waals surface area contributed by atoms with Gasteiger partial charge in [0, 0.05) is 22.5 Å². The molecular formula is C25H34O5. The number of hydrogen-bond donors (Lipinski definition) is 0. The fourth-order valence-electron chi connectivity index (χ4n) is 6.12. The summed E-state index contributed by atoms with van der Waals surface area (Å²) in [6, 6.07) is 0. The molecule has 0 aliphatic heterocycles. The summed E-state index contributed by atoms with van der Waals surface area (Å²) < 4.78 is 12.0. The molecule has 3 fully saturated rings. The molecule has 0 radical (unpaired) electrons. The zero-order valence-corrected chi connectivity index (χ0v) is 19.4. The Balaban J connectivity index is 2.07. The van der Waals surface area contributed by atoms with Gasteiger partial charge < -0.3 is 9.47 Å². The first-order chi connectivity index (χ1) is 13.9. The maximum absolute atomic E-state index is 13.0. The van der Waals surface area contributed by atoms with Gasteiger partial charge in [0.1, 0.15) is 12.2 Å². The Hall–Kier alpha value is -2.17. The molecule has 5 nitrogen and oxygen atoms in total. The first-order valence-electron chi connectivity index (χ1n) is 10.8. The highest BCUT2D eigenvalue weighted by Gasteiger charge is 2.72. The normalized spacial score (nSPS) is 37.5. The van der Waals surface area contributed by atoms with Crippen molar-refractivity contribution in [2.24, 2.45) is 28.6 Å². The van der Waals surface area contributed by atoms with E-state index in [0.717, 1.165) is 5.57 Å². The quantitative estimate of drug-likeness (QED) is 0.498. The molecule has 4 aliphatic carbocycles. The Bertz CT molecular complexity index is 874. The highest BCUT2D eigenvalue weighted by Crippen LogP contribution is 2.71. The molecule has 6 atom stereocenters. The minimum atomic E-state index is -0.633. The molecule has 164 valence electrons. The van der Waals surface area contributed by atoms with Gasteiger partial charge in [-0.1, -0.05) is 38.5 Å². The van der Waals surface area contributed by atoms with Crippen LogP contribution in [0.15, 0.2) is 34.9 Å². The molecule has 0 unspecified atom stereocenters. The molecule has 0 aromatic rings. The molecule has 4 rings (SSSR count). The molecule has 0 saturated heterocycles. The predicted molar refractivity (Wildman–Crippen MR) is 114 cm³/mol. The van der Waals surface area contributed by atoms with Crippen molar-refractivity contribution in [2.45, 2.75) is 74.0 Å². The van der Waals surface area contributed by atoms with Crippen molar-refractivity contribution in [1.82, 2.24) is 0 Å². The van der Waals surface area contributed by atoms with Crippen molar-refractivity contribution in [1.29, 1.82) is 0 Å². The second-order valence-corrected chi connectivity index (χ2v) is 10.0. The summed E-state index contributed by atoms with van der Waals surface area (Å²) in [7, 11) is 0. The van der Waals surface area contributed by atoms with Crippen LogP contribution in [0.1, 0.15) is 61.8 Å². The lowest BCUT2D eigenvalue weighted by Gasteiger charge is -2.64. The lowest BCUT2D eigenvalue weighted by molar-refractivity contribution is -0.182. The molecule has 0 aromatic heterocycles. The van der Waals surface area contributed by atoms with Crippen molar-refractivity contribution in [3.05, 3.63) is 34.9 Å². The molecular weight excluding hydrogens is 380 g/mol. The van der Waals surface area contributed by atoms with E-state index in [1.165, 1.54) is 0 Å². The Morgan fingerprint density at radius 1 is 1.00 bits per heavy atom. The van der Waals surface area contributed by atoms with Gasteiger partial charge in [0.25, 0.3) is 0 Å². The lowest BCUT2D eigenvalue weighted by atomic mass is 9.38. The third kappa shape index (κ3) is 3.17. The molecule has 3 saturated carbocycles. The minimum absolute atomic E-state index is 0.0511. The van der Waals surface area contributed by atoms with Crippen molar-refractivity contribution < 1.29 is 23.9 Å². The largest absolute Gasteiger partial charge is 0.455 e. The number of carbonyl (C=O) groups is 3. The van der Waals surface area contributed by atoms with Crippen molar-refractivity contribution >= 4 is 17.7 Å². The molecule has 0 N–H and O–H groups in total. The van der Waals surface area contributed by atoms with Gasteiger partial charge >= 0.3 is 11.9 Å². The van der Waals surface area contributed by atoms with Crippen LogP contribution in [0.5, 0.6) is 0 Å². The lowest BCUT2D eigenvalue weighted by Crippen LogP contribution is -2.64. The van der Waals surface area contributed by atoms with Gasteiger partial charge in [0.15, 0.2) is 5.78 Å². The van der Waals surface area contributed by atoms with E-state index in [4.69, 9.17) is 9.47 Å². The number of esters is 2. The summed E-state index contributed by atoms with van der Waals surface area (Å²) in [5.41, 5.74) is 1.26. The van der Waals surface area contributed by atoms with Crippen LogP contribution in [0.25, 0.3) is 0 Å². The third-order valence-electron chi connectivity index (χ3n) is 7.88. The number of ether oxygens (including phenoxy) is 2. The minimum Gasteiger partial charge on any atom is -0.455 e. The summed E-state index contributed by atoms with van der Waals surface area (Å²) in [5, 5.41) is 0. The Morgan fingerprint density at radius 2 is 1.53 bits per heavy atom. The second-order valence-electron chi connectivity index (χ2n) is 10.0. The number of hydrogen-bond acceptors (Lipinski definition) is 5. The summed E-state index contributed by atoms with van der Waals surface area (Å²) in [5.74, 6) is -0.555. The molecule has 4 bridgehead atoms. The maximum atomic E-state index is 13.0. The van der Waals surface area contributed by atoms with E-state index in [1.54, 1.807) is 45.9 Å². The van der Waals surface area contributed by atoms with Gasteiger partial charge in [-0.3, -0.25) is 4.79 Å². The Morgan fingerprint density at radius 3 is 2.03 bits per heavy atom. The molecule has 0 spiro atoms. The number of fused-ring (bicyclic) bond motifs is 3. The number of carbonyl (C=O) groups excluding carboxylic acids is 3. The van der Waals surface area contributed by atoms with Crippen molar-refractivity contribution in [2.75, 3.05) is 0 Å². The topological polar surface area (TPSA) is 69.7 Å². The van der Waals surface area contributed by atoms with Crippen molar-refractivity contribution in [3.63, 3.8) is 0 Å². The zero-order valence-electron chi connectivity index (χ0n) is 19.4. The van der Waals surface area contributed by atoms with E-state index in [1.807, 2.05) is 20.8 Å². The fourth-order valence-corrected chi connectivity index (χ4v) is 6.12. The molecule has 0 amide bonds. The van der Waals surface area contributed by atoms with Gasteiger partial charge in [0.2, 0.25) is 0 Å². The van der Waals surface area contributed by atoms with Crippen LogP contribution in [-0.2, 0) is 23.9 Å². The zero-order chi connectivity index (χ0) is 22.6. The molecule has 0 aromatic carbocycles. The molecule has 4 aliphatic rings.